The second-order valence-electron chi connectivity index (χ2n) is 6.42. The second kappa shape index (κ2) is 7.41. The van der Waals surface area contributed by atoms with Crippen molar-refractivity contribution in [3.63, 3.8) is 0 Å². The summed E-state index contributed by atoms with van der Waals surface area (Å²) in [7, 11) is -3.85. The number of aliphatic carboxylic acids is 1. The van der Waals surface area contributed by atoms with E-state index in [1.807, 2.05) is 6.92 Å². The Labute approximate surface area is 167 Å². The summed E-state index contributed by atoms with van der Waals surface area (Å²) in [5.41, 5.74) is 2.02. The number of carboxylic acid groups (broad SMARTS) is 1. The summed E-state index contributed by atoms with van der Waals surface area (Å²) in [6.45, 7) is 4.55. The van der Waals surface area contributed by atoms with E-state index in [0.29, 0.717) is 27.2 Å². The first kappa shape index (κ1) is 20.1. The fraction of sp³-hybridized carbons (Fsp3) is 0.200. The van der Waals surface area contributed by atoms with E-state index in [0.717, 1.165) is 5.56 Å². The van der Waals surface area contributed by atoms with Crippen LogP contribution in [0.25, 0.3) is 10.9 Å². The van der Waals surface area contributed by atoms with E-state index in [1.165, 1.54) is 6.07 Å². The molecule has 0 saturated carbocycles. The number of nitrogens with zero attached hydrogens (tertiary/aromatic N) is 1. The van der Waals surface area contributed by atoms with Gasteiger partial charge in [0.15, 0.2) is 6.61 Å². The Kier molecular flexibility index (Phi) is 5.32. The summed E-state index contributed by atoms with van der Waals surface area (Å²) < 4.78 is 31.9. The summed E-state index contributed by atoms with van der Waals surface area (Å²) >= 11 is 6.25. The van der Waals surface area contributed by atoms with Crippen molar-refractivity contribution in [2.24, 2.45) is 0 Å². The minimum atomic E-state index is -3.85. The Morgan fingerprint density at radius 2 is 1.75 bits per heavy atom. The number of hydrogen-bond donors (Lipinski definition) is 1. The van der Waals surface area contributed by atoms with Gasteiger partial charge in [-0.25, -0.2) is 13.2 Å². The van der Waals surface area contributed by atoms with Crippen LogP contribution in [-0.4, -0.2) is 31.1 Å². The van der Waals surface area contributed by atoms with Crippen LogP contribution in [-0.2, 0) is 14.6 Å². The number of fused-ring (bicyclic) bond motifs is 1. The van der Waals surface area contributed by atoms with Crippen molar-refractivity contribution >= 4 is 38.3 Å². The summed E-state index contributed by atoms with van der Waals surface area (Å²) in [5.74, 6) is -0.930. The van der Waals surface area contributed by atoms with Gasteiger partial charge >= 0.3 is 5.97 Å². The number of benzene rings is 2. The Morgan fingerprint density at radius 1 is 1.11 bits per heavy atom. The lowest BCUT2D eigenvalue weighted by Crippen LogP contribution is -2.12. The monoisotopic (exact) mass is 419 g/mol. The van der Waals surface area contributed by atoms with Gasteiger partial charge in [0.05, 0.1) is 26.0 Å². The van der Waals surface area contributed by atoms with E-state index in [4.69, 9.17) is 21.4 Å². The third-order valence-corrected chi connectivity index (χ3v) is 6.70. The number of hydrogen-bond acceptors (Lipinski definition) is 5. The Balaban J connectivity index is 2.30. The summed E-state index contributed by atoms with van der Waals surface area (Å²) in [6.07, 6.45) is 0. The number of aromatic nitrogens is 1. The minimum Gasteiger partial charge on any atom is -0.481 e. The molecule has 0 aliphatic carbocycles. The average Bonchev–Trinajstić information content (AvgIpc) is 2.61. The molecule has 6 nitrogen and oxygen atoms in total. The van der Waals surface area contributed by atoms with Crippen LogP contribution >= 0.6 is 11.6 Å². The van der Waals surface area contributed by atoms with Gasteiger partial charge in [-0.05, 0) is 50.6 Å². The molecule has 0 fully saturated rings. The van der Waals surface area contributed by atoms with Crippen molar-refractivity contribution in [3.8, 4) is 5.75 Å². The Hall–Kier alpha value is -2.64. The van der Waals surface area contributed by atoms with Gasteiger partial charge in [-0.15, -0.1) is 0 Å². The molecular weight excluding hydrogens is 402 g/mol. The zero-order valence-electron chi connectivity index (χ0n) is 15.5. The van der Waals surface area contributed by atoms with E-state index in [-0.39, 0.29) is 15.5 Å². The molecule has 2 aromatic carbocycles. The first-order valence-corrected chi connectivity index (χ1v) is 10.2. The molecule has 1 aromatic heterocycles. The number of carbonyl (C=O) groups is 1. The predicted molar refractivity (Wildman–Crippen MR) is 106 cm³/mol. The molecule has 0 aliphatic heterocycles. The lowest BCUT2D eigenvalue weighted by molar-refractivity contribution is -0.139. The van der Waals surface area contributed by atoms with Crippen LogP contribution in [0.5, 0.6) is 5.75 Å². The topological polar surface area (TPSA) is 93.6 Å². The number of halogens is 1. The van der Waals surface area contributed by atoms with Gasteiger partial charge in [0.1, 0.15) is 5.75 Å². The lowest BCUT2D eigenvalue weighted by Gasteiger charge is -2.16. The molecule has 3 aromatic rings. The van der Waals surface area contributed by atoms with Gasteiger partial charge in [-0.2, -0.15) is 0 Å². The number of ether oxygens (including phenoxy) is 1. The van der Waals surface area contributed by atoms with Crippen molar-refractivity contribution in [3.05, 3.63) is 58.2 Å². The van der Waals surface area contributed by atoms with Gasteiger partial charge < -0.3 is 9.84 Å². The number of sulfone groups is 1. The molecule has 0 aliphatic rings. The lowest BCUT2D eigenvalue weighted by atomic mass is 10.1. The van der Waals surface area contributed by atoms with Crippen molar-refractivity contribution in [1.82, 2.24) is 4.98 Å². The van der Waals surface area contributed by atoms with Crippen LogP contribution in [0.3, 0.4) is 0 Å². The molecule has 0 saturated heterocycles. The summed E-state index contributed by atoms with van der Waals surface area (Å²) in [5, 5.41) is 9.61. The van der Waals surface area contributed by atoms with Gasteiger partial charge in [-0.1, -0.05) is 29.3 Å². The van der Waals surface area contributed by atoms with Crippen molar-refractivity contribution in [2.75, 3.05) is 6.61 Å². The van der Waals surface area contributed by atoms with E-state index in [1.54, 1.807) is 44.2 Å². The van der Waals surface area contributed by atoms with Gasteiger partial charge in [0.2, 0.25) is 9.84 Å². The first-order chi connectivity index (χ1) is 13.1. The van der Waals surface area contributed by atoms with E-state index < -0.39 is 22.4 Å². The number of carboxylic acids is 1. The molecule has 0 unspecified atom stereocenters. The van der Waals surface area contributed by atoms with Crippen molar-refractivity contribution in [2.45, 2.75) is 30.6 Å². The van der Waals surface area contributed by atoms with Gasteiger partial charge in [0, 0.05) is 5.39 Å². The highest BCUT2D eigenvalue weighted by Crippen LogP contribution is 2.38. The number of aryl methyl sites for hydroxylation is 3. The molecule has 0 radical (unpaired) electrons. The molecular formula is C20H18ClNO5S. The highest BCUT2D eigenvalue weighted by Gasteiger charge is 2.26. The van der Waals surface area contributed by atoms with Gasteiger partial charge in [-0.3, -0.25) is 4.98 Å². The third kappa shape index (κ3) is 3.55. The smallest absolute Gasteiger partial charge is 0.341 e. The SMILES string of the molecule is Cc1ccc(S(=O)(=O)c2c(C)nc3c(Cl)ccc(OCC(=O)O)c3c2C)cc1. The standard InChI is InChI=1S/C20H18ClNO5S/c1-11-4-6-14(7-5-11)28(25,26)20-12(2)18-16(27-10-17(23)24)9-8-15(21)19(18)22-13(20)3/h4-9H,10H2,1-3H3,(H,23,24). The van der Waals surface area contributed by atoms with E-state index in [9.17, 15) is 13.2 Å². The fourth-order valence-corrected chi connectivity index (χ4v) is 4.98. The Morgan fingerprint density at radius 3 is 2.36 bits per heavy atom. The first-order valence-electron chi connectivity index (χ1n) is 8.38. The molecule has 1 N–H and O–H groups in total. The molecule has 0 atom stereocenters. The molecule has 1 heterocycles. The second-order valence-corrected chi connectivity index (χ2v) is 8.71. The van der Waals surface area contributed by atoms with Crippen LogP contribution in [0.4, 0.5) is 0 Å². The van der Waals surface area contributed by atoms with E-state index in [2.05, 4.69) is 4.98 Å². The van der Waals surface area contributed by atoms with Crippen LogP contribution in [0.1, 0.15) is 16.8 Å². The molecule has 0 spiro atoms. The molecule has 146 valence electrons. The normalized spacial score (nSPS) is 11.6. The number of pyridine rings is 1. The largest absolute Gasteiger partial charge is 0.481 e. The maximum atomic E-state index is 13.3. The maximum absolute atomic E-state index is 13.3. The zero-order valence-corrected chi connectivity index (χ0v) is 17.1. The number of rotatable bonds is 5. The predicted octanol–water partition coefficient (Wildman–Crippen LogP) is 4.11. The summed E-state index contributed by atoms with van der Waals surface area (Å²) in [4.78, 5) is 15.5. The van der Waals surface area contributed by atoms with Crippen LogP contribution < -0.4 is 4.74 Å². The molecule has 0 amide bonds. The van der Waals surface area contributed by atoms with Gasteiger partial charge in [0.25, 0.3) is 0 Å². The Bertz CT molecular complexity index is 1190. The molecule has 28 heavy (non-hydrogen) atoms. The maximum Gasteiger partial charge on any atom is 0.341 e. The van der Waals surface area contributed by atoms with Crippen LogP contribution in [0.15, 0.2) is 46.2 Å². The van der Waals surface area contributed by atoms with Crippen LogP contribution in [0.2, 0.25) is 5.02 Å². The minimum absolute atomic E-state index is 0.0614. The highest BCUT2D eigenvalue weighted by atomic mass is 35.5. The molecule has 0 bridgehead atoms. The third-order valence-electron chi connectivity index (χ3n) is 4.37. The van der Waals surface area contributed by atoms with Crippen molar-refractivity contribution < 1.29 is 23.1 Å². The van der Waals surface area contributed by atoms with Crippen molar-refractivity contribution in [1.29, 1.82) is 0 Å². The molecule has 3 rings (SSSR count). The van der Waals surface area contributed by atoms with Crippen LogP contribution in [0, 0.1) is 20.8 Å². The zero-order chi connectivity index (χ0) is 20.6. The average molecular weight is 420 g/mol. The van der Waals surface area contributed by atoms with E-state index >= 15 is 0 Å². The fourth-order valence-electron chi connectivity index (χ4n) is 3.11. The quantitative estimate of drug-likeness (QED) is 0.668. The highest BCUT2D eigenvalue weighted by molar-refractivity contribution is 7.91. The summed E-state index contributed by atoms with van der Waals surface area (Å²) in [6, 6.07) is 9.61. The molecule has 8 heteroatoms.